The topological polar surface area (TPSA) is 96.5 Å². The Morgan fingerprint density at radius 1 is 1.06 bits per heavy atom. The Balaban J connectivity index is 0.00000900. The third-order valence-electron chi connectivity index (χ3n) is 4.19. The van der Waals surface area contributed by atoms with E-state index >= 15 is 0 Å². The Hall–Kier alpha value is -1.95. The fourth-order valence-corrected chi connectivity index (χ4v) is 2.73. The van der Waals surface area contributed by atoms with E-state index in [-0.39, 0.29) is 30.0 Å². The minimum atomic E-state index is -0.513. The summed E-state index contributed by atoms with van der Waals surface area (Å²) in [6.07, 6.45) is -0.437. The van der Waals surface area contributed by atoms with Gasteiger partial charge in [0.1, 0.15) is 5.60 Å². The Kier molecular flexibility index (Phi) is 13.3. The van der Waals surface area contributed by atoms with Gasteiger partial charge in [0.25, 0.3) is 0 Å². The third kappa shape index (κ3) is 10.8. The lowest BCUT2D eigenvalue weighted by atomic mass is 10.1. The molecule has 1 rings (SSSR count). The lowest BCUT2D eigenvalue weighted by Gasteiger charge is -2.26. The number of rotatable bonds is 9. The number of amides is 1. The summed E-state index contributed by atoms with van der Waals surface area (Å²) in [5, 5.41) is 9.21. The summed E-state index contributed by atoms with van der Waals surface area (Å²) in [6.45, 7) is 7.05. The van der Waals surface area contributed by atoms with Crippen LogP contribution in [0.1, 0.15) is 32.4 Å². The van der Waals surface area contributed by atoms with Crippen LogP contribution in [0.5, 0.6) is 11.5 Å². The molecule has 1 aromatic carbocycles. The normalized spacial score (nSPS) is 12.5. The van der Waals surface area contributed by atoms with Crippen molar-refractivity contribution in [3.05, 3.63) is 23.8 Å². The van der Waals surface area contributed by atoms with Crippen molar-refractivity contribution >= 4 is 36.0 Å². The zero-order chi connectivity index (χ0) is 22.7. The summed E-state index contributed by atoms with van der Waals surface area (Å²) in [5.74, 6) is 2.03. The van der Waals surface area contributed by atoms with Crippen LogP contribution >= 0.6 is 24.0 Å². The number of nitrogens with one attached hydrogen (secondary N) is 3. The lowest BCUT2D eigenvalue weighted by Crippen LogP contribution is -2.44. The molecule has 1 amide bonds. The number of ether oxygens (including phenoxy) is 3. The molecule has 10 heteroatoms. The molecule has 31 heavy (non-hydrogen) atoms. The van der Waals surface area contributed by atoms with Crippen LogP contribution in [0.2, 0.25) is 0 Å². The smallest absolute Gasteiger partial charge is 0.407 e. The van der Waals surface area contributed by atoms with Crippen molar-refractivity contribution in [2.24, 2.45) is 4.99 Å². The Labute approximate surface area is 203 Å². The van der Waals surface area contributed by atoms with Crippen molar-refractivity contribution in [2.45, 2.75) is 32.4 Å². The van der Waals surface area contributed by atoms with Gasteiger partial charge in [0.05, 0.1) is 20.3 Å². The summed E-state index contributed by atoms with van der Waals surface area (Å²) in [7, 11) is 8.99. The molecule has 0 bridgehead atoms. The number of hydrogen-bond donors (Lipinski definition) is 3. The number of methoxy groups -OCH3 is 2. The van der Waals surface area contributed by atoms with Crippen molar-refractivity contribution in [3.63, 3.8) is 0 Å². The molecule has 0 aliphatic heterocycles. The summed E-state index contributed by atoms with van der Waals surface area (Å²) in [6, 6.07) is 5.99. The van der Waals surface area contributed by atoms with Gasteiger partial charge in [0.15, 0.2) is 17.5 Å². The van der Waals surface area contributed by atoms with Crippen LogP contribution < -0.4 is 25.4 Å². The van der Waals surface area contributed by atoms with Crippen LogP contribution in [-0.4, -0.2) is 77.6 Å². The lowest BCUT2D eigenvalue weighted by molar-refractivity contribution is 0.0529. The average molecular weight is 551 g/mol. The van der Waals surface area contributed by atoms with Crippen LogP contribution in [0.3, 0.4) is 0 Å². The maximum Gasteiger partial charge on any atom is 0.407 e. The first kappa shape index (κ1) is 29.1. The van der Waals surface area contributed by atoms with Crippen molar-refractivity contribution in [1.29, 1.82) is 0 Å². The molecule has 178 valence electrons. The number of hydrogen-bond acceptors (Lipinski definition) is 6. The highest BCUT2D eigenvalue weighted by Gasteiger charge is 2.18. The third-order valence-corrected chi connectivity index (χ3v) is 4.19. The van der Waals surface area contributed by atoms with Gasteiger partial charge in [0.2, 0.25) is 0 Å². The number of likely N-dealkylation sites (N-methyl/N-ethyl adjacent to an activating group) is 1. The van der Waals surface area contributed by atoms with E-state index in [9.17, 15) is 4.79 Å². The van der Waals surface area contributed by atoms with Crippen LogP contribution in [0.15, 0.2) is 23.2 Å². The van der Waals surface area contributed by atoms with Gasteiger partial charge in [-0.15, -0.1) is 24.0 Å². The molecule has 0 saturated carbocycles. The standard InChI is InChI=1S/C21H37N5O4.HI/c1-21(2,3)30-20(27)24-12-11-23-19(22-4)25-14-16(26(5)6)15-9-10-17(28-7)18(13-15)29-8;/h9-10,13,16H,11-12,14H2,1-8H3,(H,24,27)(H2,22,23,25);1H. The molecular formula is C21H38IN5O4. The summed E-state index contributed by atoms with van der Waals surface area (Å²) in [5.41, 5.74) is 0.577. The van der Waals surface area contributed by atoms with Crippen LogP contribution in [-0.2, 0) is 4.74 Å². The molecule has 0 spiro atoms. The second-order valence-corrected chi connectivity index (χ2v) is 7.90. The molecule has 9 nitrogen and oxygen atoms in total. The van der Waals surface area contributed by atoms with E-state index in [1.54, 1.807) is 21.3 Å². The quantitative estimate of drug-likeness (QED) is 0.188. The molecule has 0 aliphatic rings. The highest BCUT2D eigenvalue weighted by Crippen LogP contribution is 2.31. The molecule has 1 unspecified atom stereocenters. The van der Waals surface area contributed by atoms with Crippen molar-refractivity contribution in [1.82, 2.24) is 20.9 Å². The minimum absolute atomic E-state index is 0. The van der Waals surface area contributed by atoms with E-state index < -0.39 is 11.7 Å². The Bertz CT molecular complexity index is 708. The second-order valence-electron chi connectivity index (χ2n) is 7.90. The van der Waals surface area contributed by atoms with Gasteiger partial charge < -0.3 is 35.1 Å². The predicted octanol–water partition coefficient (Wildman–Crippen LogP) is 2.61. The fraction of sp³-hybridized carbons (Fsp3) is 0.619. The maximum absolute atomic E-state index is 11.7. The number of carbonyl (C=O) groups is 1. The van der Waals surface area contributed by atoms with E-state index in [1.165, 1.54) is 0 Å². The number of benzene rings is 1. The number of alkyl carbamates (subject to hydrolysis) is 1. The van der Waals surface area contributed by atoms with Gasteiger partial charge >= 0.3 is 6.09 Å². The number of guanidine groups is 1. The largest absolute Gasteiger partial charge is 0.493 e. The van der Waals surface area contributed by atoms with Crippen molar-refractivity contribution in [3.8, 4) is 11.5 Å². The van der Waals surface area contributed by atoms with Crippen LogP contribution in [0.4, 0.5) is 4.79 Å². The van der Waals surface area contributed by atoms with Crippen LogP contribution in [0, 0.1) is 0 Å². The van der Waals surface area contributed by atoms with Gasteiger partial charge in [-0.2, -0.15) is 0 Å². The number of halogens is 1. The van der Waals surface area contributed by atoms with E-state index in [1.807, 2.05) is 53.1 Å². The summed E-state index contributed by atoms with van der Waals surface area (Å²) in [4.78, 5) is 18.0. The molecule has 0 aliphatic carbocycles. The maximum atomic E-state index is 11.7. The number of carbonyl (C=O) groups excluding carboxylic acids is 1. The molecule has 0 fully saturated rings. The zero-order valence-electron chi connectivity index (χ0n) is 19.9. The zero-order valence-corrected chi connectivity index (χ0v) is 22.2. The first-order valence-corrected chi connectivity index (χ1v) is 9.91. The van der Waals surface area contributed by atoms with Gasteiger partial charge in [-0.05, 0) is 52.6 Å². The number of nitrogens with zero attached hydrogens (tertiary/aromatic N) is 2. The van der Waals surface area contributed by atoms with Crippen molar-refractivity contribution < 1.29 is 19.0 Å². The summed E-state index contributed by atoms with van der Waals surface area (Å²) >= 11 is 0. The fourth-order valence-electron chi connectivity index (χ4n) is 2.73. The Morgan fingerprint density at radius 3 is 2.19 bits per heavy atom. The molecule has 0 saturated heterocycles. The monoisotopic (exact) mass is 551 g/mol. The molecule has 0 heterocycles. The van der Waals surface area contributed by atoms with Gasteiger partial charge in [-0.1, -0.05) is 6.07 Å². The van der Waals surface area contributed by atoms with Crippen molar-refractivity contribution in [2.75, 3.05) is 55.0 Å². The average Bonchev–Trinajstić information content (AvgIpc) is 2.67. The van der Waals surface area contributed by atoms with Gasteiger partial charge in [-0.3, -0.25) is 4.99 Å². The molecule has 0 radical (unpaired) electrons. The molecule has 1 aromatic rings. The summed E-state index contributed by atoms with van der Waals surface area (Å²) < 4.78 is 16.0. The van der Waals surface area contributed by atoms with E-state index in [4.69, 9.17) is 14.2 Å². The van der Waals surface area contributed by atoms with E-state index in [2.05, 4.69) is 25.8 Å². The molecule has 0 aromatic heterocycles. The molecule has 1 atom stereocenters. The van der Waals surface area contributed by atoms with E-state index in [0.717, 1.165) is 5.56 Å². The molecular weight excluding hydrogens is 513 g/mol. The second kappa shape index (κ2) is 14.2. The predicted molar refractivity (Wildman–Crippen MR) is 135 cm³/mol. The highest BCUT2D eigenvalue weighted by atomic mass is 127. The van der Waals surface area contributed by atoms with Gasteiger partial charge in [-0.25, -0.2) is 4.79 Å². The first-order valence-electron chi connectivity index (χ1n) is 9.91. The van der Waals surface area contributed by atoms with Crippen LogP contribution in [0.25, 0.3) is 0 Å². The van der Waals surface area contributed by atoms with Gasteiger partial charge in [0, 0.05) is 26.7 Å². The Morgan fingerprint density at radius 2 is 1.68 bits per heavy atom. The first-order chi connectivity index (χ1) is 14.1. The SMILES string of the molecule is CN=C(NCCNC(=O)OC(C)(C)C)NCC(c1ccc(OC)c(OC)c1)N(C)C.I. The minimum Gasteiger partial charge on any atom is -0.493 e. The van der Waals surface area contributed by atoms with E-state index in [0.29, 0.717) is 37.1 Å². The number of aliphatic imine (C=N–C) groups is 1. The molecule has 3 N–H and O–H groups in total. The highest BCUT2D eigenvalue weighted by molar-refractivity contribution is 14.0.